The van der Waals surface area contributed by atoms with Gasteiger partial charge in [-0.1, -0.05) is 0 Å². The third kappa shape index (κ3) is 1.50. The largest absolute Gasteiger partial charge is 0.425 e. The highest BCUT2D eigenvalue weighted by Gasteiger charge is 2.33. The molecule has 0 aliphatic carbocycles. The number of hydrogen-bond acceptors (Lipinski definition) is 4. The minimum Gasteiger partial charge on any atom is -0.368 e. The van der Waals surface area contributed by atoms with Crippen molar-refractivity contribution < 1.29 is 13.2 Å². The van der Waals surface area contributed by atoms with Crippen molar-refractivity contribution >= 4 is 27.5 Å². The number of nitrogen functional groups attached to an aromatic ring is 1. The molecule has 0 saturated heterocycles. The second kappa shape index (κ2) is 2.81. The molecule has 0 aromatic carbocycles. The van der Waals surface area contributed by atoms with Gasteiger partial charge in [-0.2, -0.15) is 13.2 Å². The van der Waals surface area contributed by atoms with Gasteiger partial charge < -0.3 is 5.73 Å². The fourth-order valence-corrected chi connectivity index (χ4v) is 1.86. The molecule has 14 heavy (non-hydrogen) atoms. The smallest absolute Gasteiger partial charge is 0.368 e. The molecule has 0 atom stereocenters. The molecule has 2 aromatic rings. The number of fused-ring (bicyclic) bond motifs is 1. The number of alkyl halides is 3. The van der Waals surface area contributed by atoms with Crippen molar-refractivity contribution in [2.75, 3.05) is 5.73 Å². The highest BCUT2D eigenvalue weighted by Crippen LogP contribution is 2.37. The van der Waals surface area contributed by atoms with Gasteiger partial charge in [0.15, 0.2) is 0 Å². The zero-order valence-corrected chi connectivity index (χ0v) is 7.49. The Labute approximate surface area is 80.4 Å². The summed E-state index contributed by atoms with van der Waals surface area (Å²) >= 11 is 0.562. The number of thiophene rings is 1. The van der Waals surface area contributed by atoms with Crippen LogP contribution in [-0.4, -0.2) is 9.97 Å². The predicted octanol–water partition coefficient (Wildman–Crippen LogP) is 2.29. The van der Waals surface area contributed by atoms with Crippen LogP contribution in [0.2, 0.25) is 0 Å². The van der Waals surface area contributed by atoms with E-state index in [0.717, 1.165) is 6.07 Å². The Hall–Kier alpha value is -1.37. The number of anilines is 1. The Morgan fingerprint density at radius 1 is 1.36 bits per heavy atom. The van der Waals surface area contributed by atoms with Gasteiger partial charge in [0, 0.05) is 11.6 Å². The highest BCUT2D eigenvalue weighted by molar-refractivity contribution is 7.18. The lowest BCUT2D eigenvalue weighted by atomic mass is 10.3. The van der Waals surface area contributed by atoms with Crippen LogP contribution in [-0.2, 0) is 6.18 Å². The third-order valence-corrected chi connectivity index (χ3v) is 2.66. The number of halogens is 3. The lowest BCUT2D eigenvalue weighted by molar-refractivity contribution is -0.134. The molecule has 0 aliphatic rings. The van der Waals surface area contributed by atoms with Crippen LogP contribution in [0.15, 0.2) is 12.3 Å². The zero-order valence-electron chi connectivity index (χ0n) is 6.67. The number of aromatic nitrogens is 2. The Balaban J connectivity index is 2.63. The van der Waals surface area contributed by atoms with Crippen LogP contribution in [0.5, 0.6) is 0 Å². The van der Waals surface area contributed by atoms with Gasteiger partial charge in [0.2, 0.25) is 5.95 Å². The molecule has 3 nitrogen and oxygen atoms in total. The van der Waals surface area contributed by atoms with E-state index in [1.807, 2.05) is 0 Å². The Kier molecular flexibility index (Phi) is 1.84. The number of nitrogens with two attached hydrogens (primary N) is 1. The van der Waals surface area contributed by atoms with Crippen molar-refractivity contribution in [1.82, 2.24) is 9.97 Å². The maximum atomic E-state index is 12.3. The van der Waals surface area contributed by atoms with E-state index in [4.69, 9.17) is 5.73 Å². The molecule has 0 unspecified atom stereocenters. The van der Waals surface area contributed by atoms with E-state index >= 15 is 0 Å². The summed E-state index contributed by atoms with van der Waals surface area (Å²) in [6.07, 6.45) is -3.05. The van der Waals surface area contributed by atoms with Gasteiger partial charge in [-0.05, 0) is 6.07 Å². The van der Waals surface area contributed by atoms with E-state index in [9.17, 15) is 13.2 Å². The molecular formula is C7H4F3N3S. The first-order valence-corrected chi connectivity index (χ1v) is 4.38. The van der Waals surface area contributed by atoms with Crippen LogP contribution in [0.3, 0.4) is 0 Å². The van der Waals surface area contributed by atoms with Gasteiger partial charge in [0.25, 0.3) is 0 Å². The first kappa shape index (κ1) is 9.20. The molecule has 2 rings (SSSR count). The lowest BCUT2D eigenvalue weighted by Gasteiger charge is -1.99. The summed E-state index contributed by atoms with van der Waals surface area (Å²) in [7, 11) is 0. The van der Waals surface area contributed by atoms with Crippen molar-refractivity contribution in [3.8, 4) is 0 Å². The van der Waals surface area contributed by atoms with E-state index in [1.165, 1.54) is 6.20 Å². The molecule has 7 heteroatoms. The molecule has 0 amide bonds. The summed E-state index contributed by atoms with van der Waals surface area (Å²) in [4.78, 5) is 6.87. The first-order valence-electron chi connectivity index (χ1n) is 3.56. The van der Waals surface area contributed by atoms with Crippen molar-refractivity contribution in [1.29, 1.82) is 0 Å². The van der Waals surface area contributed by atoms with Gasteiger partial charge >= 0.3 is 6.18 Å². The van der Waals surface area contributed by atoms with Crippen LogP contribution >= 0.6 is 11.3 Å². The van der Waals surface area contributed by atoms with Crippen LogP contribution in [0, 0.1) is 0 Å². The fraction of sp³-hybridized carbons (Fsp3) is 0.143. The molecule has 0 saturated carbocycles. The van der Waals surface area contributed by atoms with Crippen molar-refractivity contribution in [2.24, 2.45) is 0 Å². The summed E-state index contributed by atoms with van der Waals surface area (Å²) in [6, 6.07) is 1.01. The molecule has 0 aliphatic heterocycles. The van der Waals surface area contributed by atoms with Crippen LogP contribution in [0.25, 0.3) is 10.2 Å². The maximum Gasteiger partial charge on any atom is 0.425 e. The fourth-order valence-electron chi connectivity index (χ4n) is 0.984. The number of hydrogen-bond donors (Lipinski definition) is 1. The summed E-state index contributed by atoms with van der Waals surface area (Å²) in [5, 5.41) is 0.358. The quantitative estimate of drug-likeness (QED) is 0.739. The summed E-state index contributed by atoms with van der Waals surface area (Å²) < 4.78 is 36.8. The Bertz CT molecular complexity index is 476. The lowest BCUT2D eigenvalue weighted by Crippen LogP contribution is -2.00. The second-order valence-corrected chi connectivity index (χ2v) is 3.63. The molecule has 2 aromatic heterocycles. The van der Waals surface area contributed by atoms with Gasteiger partial charge in [-0.15, -0.1) is 11.3 Å². The average molecular weight is 219 g/mol. The van der Waals surface area contributed by atoms with Crippen molar-refractivity contribution in [2.45, 2.75) is 6.18 Å². The third-order valence-electron chi connectivity index (χ3n) is 1.57. The summed E-state index contributed by atoms with van der Waals surface area (Å²) in [5.74, 6) is -0.0203. The van der Waals surface area contributed by atoms with E-state index < -0.39 is 11.1 Å². The molecule has 0 radical (unpaired) electrons. The molecule has 2 N–H and O–H groups in total. The molecule has 0 spiro atoms. The maximum absolute atomic E-state index is 12.3. The molecule has 74 valence electrons. The average Bonchev–Trinajstić information content (AvgIpc) is 2.45. The van der Waals surface area contributed by atoms with Gasteiger partial charge in [0.1, 0.15) is 9.71 Å². The van der Waals surface area contributed by atoms with E-state index in [-0.39, 0.29) is 10.8 Å². The molecular weight excluding hydrogens is 215 g/mol. The van der Waals surface area contributed by atoms with E-state index in [2.05, 4.69) is 9.97 Å². The molecule has 0 fully saturated rings. The highest BCUT2D eigenvalue weighted by atomic mass is 32.1. The standard InChI is InChI=1S/C7H4F3N3S/c8-7(9,10)4-1-3-2-12-6(11)13-5(3)14-4/h1-2H,(H2,11,12,13). The van der Waals surface area contributed by atoms with Crippen LogP contribution < -0.4 is 5.73 Å². The van der Waals surface area contributed by atoms with E-state index in [0.29, 0.717) is 16.7 Å². The van der Waals surface area contributed by atoms with Gasteiger partial charge in [-0.25, -0.2) is 9.97 Å². The number of rotatable bonds is 0. The van der Waals surface area contributed by atoms with E-state index in [1.54, 1.807) is 0 Å². The zero-order chi connectivity index (χ0) is 10.3. The Morgan fingerprint density at radius 3 is 2.71 bits per heavy atom. The second-order valence-electron chi connectivity index (χ2n) is 2.60. The normalized spacial score (nSPS) is 12.2. The van der Waals surface area contributed by atoms with Crippen molar-refractivity contribution in [3.05, 3.63) is 17.1 Å². The monoisotopic (exact) mass is 219 g/mol. The SMILES string of the molecule is Nc1ncc2cc(C(F)(F)F)sc2n1. The summed E-state index contributed by atoms with van der Waals surface area (Å²) in [5.41, 5.74) is 5.25. The molecule has 2 heterocycles. The van der Waals surface area contributed by atoms with Crippen LogP contribution in [0.1, 0.15) is 4.88 Å². The minimum absolute atomic E-state index is 0.0203. The molecule has 0 bridgehead atoms. The Morgan fingerprint density at radius 2 is 2.07 bits per heavy atom. The van der Waals surface area contributed by atoms with Crippen LogP contribution in [0.4, 0.5) is 19.1 Å². The van der Waals surface area contributed by atoms with Gasteiger partial charge in [0.05, 0.1) is 0 Å². The summed E-state index contributed by atoms with van der Waals surface area (Å²) in [6.45, 7) is 0. The number of nitrogens with zero attached hydrogens (tertiary/aromatic N) is 2. The predicted molar refractivity (Wildman–Crippen MR) is 46.8 cm³/mol. The minimum atomic E-state index is -4.33. The van der Waals surface area contributed by atoms with Crippen molar-refractivity contribution in [3.63, 3.8) is 0 Å². The topological polar surface area (TPSA) is 51.8 Å². The first-order chi connectivity index (χ1) is 6.47. The van der Waals surface area contributed by atoms with Gasteiger partial charge in [-0.3, -0.25) is 0 Å².